The summed E-state index contributed by atoms with van der Waals surface area (Å²) in [7, 11) is 1.77. The Kier molecular flexibility index (Phi) is 5.74. The number of rotatable bonds is 5. The number of aryl methyl sites for hydroxylation is 2. The number of aromatic nitrogens is 3. The molecule has 0 radical (unpaired) electrons. The smallest absolute Gasteiger partial charge is 0.159 e. The molecule has 0 amide bonds. The molecular weight excluding hydrogens is 424 g/mol. The highest BCUT2D eigenvalue weighted by Crippen LogP contribution is 2.36. The van der Waals surface area contributed by atoms with Crippen LogP contribution in [0.1, 0.15) is 54.6 Å². The quantitative estimate of drug-likeness (QED) is 0.357. The van der Waals surface area contributed by atoms with E-state index in [2.05, 4.69) is 27.9 Å². The van der Waals surface area contributed by atoms with E-state index in [1.807, 2.05) is 13.8 Å². The largest absolute Gasteiger partial charge is 0.381 e. The van der Waals surface area contributed by atoms with Crippen LogP contribution in [0, 0.1) is 25.5 Å². The summed E-state index contributed by atoms with van der Waals surface area (Å²) in [6, 6.07) is 10.6. The molecule has 0 saturated heterocycles. The van der Waals surface area contributed by atoms with Gasteiger partial charge in [0.1, 0.15) is 11.6 Å². The Morgan fingerprint density at radius 2 is 1.82 bits per heavy atom. The lowest BCUT2D eigenvalue weighted by Gasteiger charge is -2.30. The average Bonchev–Trinajstić information content (AvgIpc) is 3.34. The maximum atomic E-state index is 13.9. The van der Waals surface area contributed by atoms with Crippen molar-refractivity contribution in [3.05, 3.63) is 70.9 Å². The van der Waals surface area contributed by atoms with Gasteiger partial charge in [-0.3, -0.25) is 0 Å². The minimum absolute atomic E-state index is 0.284. The molecule has 1 saturated carbocycles. The molecule has 5 nitrogen and oxygen atoms in total. The van der Waals surface area contributed by atoms with Crippen LogP contribution < -0.4 is 0 Å². The lowest BCUT2D eigenvalue weighted by molar-refractivity contribution is 0.0586. The number of halogens is 2. The van der Waals surface area contributed by atoms with Gasteiger partial charge in [-0.25, -0.2) is 13.8 Å². The summed E-state index contributed by atoms with van der Waals surface area (Å²) < 4.78 is 40.5. The lowest BCUT2D eigenvalue weighted by atomic mass is 9.92. The Hall–Kier alpha value is -3.06. The monoisotopic (exact) mass is 451 g/mol. The molecule has 1 aliphatic carbocycles. The van der Waals surface area contributed by atoms with Crippen molar-refractivity contribution >= 4 is 11.0 Å². The van der Waals surface area contributed by atoms with Crippen LogP contribution in [0.15, 0.2) is 40.9 Å². The van der Waals surface area contributed by atoms with E-state index in [9.17, 15) is 8.78 Å². The zero-order chi connectivity index (χ0) is 23.1. The Morgan fingerprint density at radius 1 is 1.03 bits per heavy atom. The van der Waals surface area contributed by atoms with Gasteiger partial charge in [0.2, 0.25) is 0 Å². The van der Waals surface area contributed by atoms with E-state index < -0.39 is 11.6 Å². The van der Waals surface area contributed by atoms with Gasteiger partial charge < -0.3 is 13.8 Å². The van der Waals surface area contributed by atoms with Gasteiger partial charge >= 0.3 is 0 Å². The molecule has 7 heteroatoms. The lowest BCUT2D eigenvalue weighted by Crippen LogP contribution is -2.23. The fourth-order valence-electron chi connectivity index (χ4n) is 5.10. The zero-order valence-corrected chi connectivity index (χ0v) is 19.1. The molecule has 0 bridgehead atoms. The van der Waals surface area contributed by atoms with Gasteiger partial charge in [-0.05, 0) is 74.9 Å². The number of hydrogen-bond acceptors (Lipinski definition) is 4. The highest BCUT2D eigenvalue weighted by molar-refractivity contribution is 5.83. The zero-order valence-electron chi connectivity index (χ0n) is 19.1. The van der Waals surface area contributed by atoms with Crippen LogP contribution in [0.4, 0.5) is 8.78 Å². The van der Waals surface area contributed by atoms with Crippen LogP contribution in [0.5, 0.6) is 0 Å². The maximum Gasteiger partial charge on any atom is 0.159 e. The molecule has 2 aromatic heterocycles. The summed E-state index contributed by atoms with van der Waals surface area (Å²) in [5.41, 5.74) is 5.44. The number of methoxy groups -OCH3 is 1. The molecule has 0 atom stereocenters. The summed E-state index contributed by atoms with van der Waals surface area (Å²) in [5, 5.41) is 4.08. The van der Waals surface area contributed by atoms with Crippen molar-refractivity contribution < 1.29 is 18.0 Å². The van der Waals surface area contributed by atoms with Gasteiger partial charge in [-0.1, -0.05) is 17.3 Å². The molecule has 0 aliphatic heterocycles. The number of nitrogens with zero attached hydrogens (tertiary/aromatic N) is 3. The minimum Gasteiger partial charge on any atom is -0.381 e. The van der Waals surface area contributed by atoms with Crippen LogP contribution in [-0.2, 0) is 11.2 Å². The van der Waals surface area contributed by atoms with Gasteiger partial charge in [-0.15, -0.1) is 0 Å². The first-order valence-electron chi connectivity index (χ1n) is 11.4. The molecular formula is C26H27F2N3O2. The average molecular weight is 452 g/mol. The summed E-state index contributed by atoms with van der Waals surface area (Å²) in [4.78, 5) is 4.97. The molecule has 2 heterocycles. The number of benzene rings is 2. The Morgan fingerprint density at radius 3 is 2.48 bits per heavy atom. The Bertz CT molecular complexity index is 1280. The molecule has 4 aromatic rings. The highest BCUT2D eigenvalue weighted by Gasteiger charge is 2.26. The standard InChI is InChI=1S/C26H27F2N3O2/c1-15-26(16(2)33-30-15)18-5-11-24-23(14-18)29-25(13-17-4-10-21(27)22(28)12-17)31(24)19-6-8-20(32-3)9-7-19/h4-5,10-12,14,19-20H,6-9,13H2,1-3H3. The molecule has 1 fully saturated rings. The number of hydrogen-bond donors (Lipinski definition) is 0. The second-order valence-electron chi connectivity index (χ2n) is 8.89. The fourth-order valence-corrected chi connectivity index (χ4v) is 5.10. The van der Waals surface area contributed by atoms with Crippen molar-refractivity contribution in [2.75, 3.05) is 7.11 Å². The summed E-state index contributed by atoms with van der Waals surface area (Å²) >= 11 is 0. The van der Waals surface area contributed by atoms with Crippen molar-refractivity contribution in [3.8, 4) is 11.1 Å². The van der Waals surface area contributed by atoms with Crippen molar-refractivity contribution in [1.29, 1.82) is 0 Å². The van der Waals surface area contributed by atoms with E-state index in [4.69, 9.17) is 14.2 Å². The van der Waals surface area contributed by atoms with Crippen LogP contribution in [0.25, 0.3) is 22.2 Å². The minimum atomic E-state index is -0.839. The molecule has 0 unspecified atom stereocenters. The van der Waals surface area contributed by atoms with Gasteiger partial charge in [0.05, 0.1) is 22.8 Å². The number of ether oxygens (including phenoxy) is 1. The van der Waals surface area contributed by atoms with Gasteiger partial charge in [-0.2, -0.15) is 0 Å². The highest BCUT2D eigenvalue weighted by atomic mass is 19.2. The molecule has 0 spiro atoms. The van der Waals surface area contributed by atoms with Gasteiger partial charge in [0.15, 0.2) is 11.6 Å². The molecule has 5 rings (SSSR count). The van der Waals surface area contributed by atoms with Crippen molar-refractivity contribution in [1.82, 2.24) is 14.7 Å². The normalized spacial score (nSPS) is 18.8. The van der Waals surface area contributed by atoms with E-state index in [-0.39, 0.29) is 12.1 Å². The SMILES string of the molecule is COC1CCC(n2c(Cc3ccc(F)c(F)c3)nc3cc(-c4c(C)noc4C)ccc32)CC1. The second kappa shape index (κ2) is 8.71. The number of imidazole rings is 1. The first-order valence-corrected chi connectivity index (χ1v) is 11.4. The second-order valence-corrected chi connectivity index (χ2v) is 8.89. The van der Waals surface area contributed by atoms with E-state index in [0.29, 0.717) is 12.0 Å². The summed E-state index contributed by atoms with van der Waals surface area (Å²) in [5.74, 6) is -0.0512. The summed E-state index contributed by atoms with van der Waals surface area (Å²) in [6.45, 7) is 3.83. The third-order valence-corrected chi connectivity index (χ3v) is 6.77. The predicted octanol–water partition coefficient (Wildman–Crippen LogP) is 6.31. The van der Waals surface area contributed by atoms with Crippen molar-refractivity contribution in [2.45, 2.75) is 58.1 Å². The van der Waals surface area contributed by atoms with Crippen LogP contribution in [0.2, 0.25) is 0 Å². The van der Waals surface area contributed by atoms with Gasteiger partial charge in [0.25, 0.3) is 0 Å². The van der Waals surface area contributed by atoms with E-state index in [0.717, 1.165) is 65.1 Å². The van der Waals surface area contributed by atoms with E-state index in [1.165, 1.54) is 12.1 Å². The van der Waals surface area contributed by atoms with Crippen LogP contribution >= 0.6 is 0 Å². The van der Waals surface area contributed by atoms with Crippen LogP contribution in [0.3, 0.4) is 0 Å². The van der Waals surface area contributed by atoms with Crippen molar-refractivity contribution in [3.63, 3.8) is 0 Å². The predicted molar refractivity (Wildman–Crippen MR) is 122 cm³/mol. The third-order valence-electron chi connectivity index (χ3n) is 6.77. The van der Waals surface area contributed by atoms with Crippen molar-refractivity contribution in [2.24, 2.45) is 0 Å². The van der Waals surface area contributed by atoms with Crippen LogP contribution in [-0.4, -0.2) is 27.9 Å². The van der Waals surface area contributed by atoms with E-state index >= 15 is 0 Å². The topological polar surface area (TPSA) is 53.1 Å². The molecule has 0 N–H and O–H groups in total. The first-order chi connectivity index (χ1) is 15.9. The van der Waals surface area contributed by atoms with E-state index in [1.54, 1.807) is 13.2 Å². The molecule has 2 aromatic carbocycles. The molecule has 33 heavy (non-hydrogen) atoms. The number of fused-ring (bicyclic) bond motifs is 1. The third kappa shape index (κ3) is 4.06. The first kappa shape index (κ1) is 21.8. The molecule has 172 valence electrons. The summed E-state index contributed by atoms with van der Waals surface area (Å²) in [6.07, 6.45) is 4.67. The Labute approximate surface area is 191 Å². The molecule has 1 aliphatic rings. The maximum absolute atomic E-state index is 13.9. The Balaban J connectivity index is 1.59. The fraction of sp³-hybridized carbons (Fsp3) is 0.385. The van der Waals surface area contributed by atoms with Gasteiger partial charge in [0, 0.05) is 25.1 Å².